The summed E-state index contributed by atoms with van der Waals surface area (Å²) in [4.78, 5) is 0. The minimum Gasteiger partial charge on any atom is -0.497 e. The van der Waals surface area contributed by atoms with Gasteiger partial charge in [0.15, 0.2) is 0 Å². The number of ether oxygens (including phenoxy) is 1. The van der Waals surface area contributed by atoms with Crippen molar-refractivity contribution in [2.75, 3.05) is 7.11 Å². The molecule has 0 unspecified atom stereocenters. The minimum absolute atomic E-state index is 0.974. The van der Waals surface area contributed by atoms with Gasteiger partial charge in [0.25, 0.3) is 0 Å². The second kappa shape index (κ2) is 3.47. The van der Waals surface area contributed by atoms with Gasteiger partial charge in [0, 0.05) is 0 Å². The van der Waals surface area contributed by atoms with Crippen molar-refractivity contribution in [3.05, 3.63) is 23.8 Å². The molecule has 0 radical (unpaired) electrons. The number of benzene rings is 1. The third-order valence-corrected chi connectivity index (χ3v) is 1.87. The molecular formula is C9H13BO. The van der Waals surface area contributed by atoms with Gasteiger partial charge in [-0.25, -0.2) is 0 Å². The third kappa shape index (κ3) is 1.76. The topological polar surface area (TPSA) is 9.23 Å². The molecule has 0 heterocycles. The van der Waals surface area contributed by atoms with Crippen LogP contribution >= 0.6 is 0 Å². The lowest BCUT2D eigenvalue weighted by molar-refractivity contribution is 0.418. The van der Waals surface area contributed by atoms with E-state index < -0.39 is 0 Å². The van der Waals surface area contributed by atoms with Crippen LogP contribution in [0, 0.1) is 0 Å². The van der Waals surface area contributed by atoms with E-state index in [1.54, 1.807) is 7.11 Å². The highest BCUT2D eigenvalue weighted by molar-refractivity contribution is 6.34. The molecule has 1 rings (SSSR count). The first-order valence-electron chi connectivity index (χ1n) is 3.91. The summed E-state index contributed by atoms with van der Waals surface area (Å²) in [5.74, 6) is 0.974. The quantitative estimate of drug-likeness (QED) is 0.555. The lowest BCUT2D eigenvalue weighted by atomic mass is 9.92. The molecule has 0 bridgehead atoms. The van der Waals surface area contributed by atoms with Gasteiger partial charge in [-0.15, -0.1) is 0 Å². The van der Waals surface area contributed by atoms with Crippen LogP contribution in [0.4, 0.5) is 0 Å². The summed E-state index contributed by atoms with van der Waals surface area (Å²) in [5, 5.41) is 0. The van der Waals surface area contributed by atoms with Crippen molar-refractivity contribution < 1.29 is 4.74 Å². The Morgan fingerprint density at radius 3 is 2.64 bits per heavy atom. The molecule has 0 aromatic heterocycles. The van der Waals surface area contributed by atoms with E-state index >= 15 is 0 Å². The van der Waals surface area contributed by atoms with Gasteiger partial charge in [-0.1, -0.05) is 19.1 Å². The van der Waals surface area contributed by atoms with E-state index in [-0.39, 0.29) is 0 Å². The Morgan fingerprint density at radius 1 is 1.45 bits per heavy atom. The van der Waals surface area contributed by atoms with Crippen molar-refractivity contribution in [2.45, 2.75) is 13.3 Å². The van der Waals surface area contributed by atoms with Crippen molar-refractivity contribution in [1.29, 1.82) is 0 Å². The molecule has 0 atom stereocenters. The number of methoxy groups -OCH3 is 1. The zero-order chi connectivity index (χ0) is 8.27. The van der Waals surface area contributed by atoms with Crippen LogP contribution in [0.2, 0.25) is 0 Å². The summed E-state index contributed by atoms with van der Waals surface area (Å²) >= 11 is 0. The molecule has 58 valence electrons. The van der Waals surface area contributed by atoms with Crippen molar-refractivity contribution in [3.63, 3.8) is 0 Å². The number of rotatable bonds is 2. The zero-order valence-corrected chi connectivity index (χ0v) is 7.35. The summed E-state index contributed by atoms with van der Waals surface area (Å²) in [6.45, 7) is 2.15. The summed E-state index contributed by atoms with van der Waals surface area (Å²) < 4.78 is 5.14. The molecule has 0 aliphatic heterocycles. The summed E-state index contributed by atoms with van der Waals surface area (Å²) in [7, 11) is 3.77. The maximum absolute atomic E-state index is 5.14. The third-order valence-electron chi connectivity index (χ3n) is 1.87. The van der Waals surface area contributed by atoms with Crippen molar-refractivity contribution in [3.8, 4) is 5.75 Å². The van der Waals surface area contributed by atoms with E-state index in [1.807, 2.05) is 6.07 Å². The van der Waals surface area contributed by atoms with Gasteiger partial charge >= 0.3 is 0 Å². The molecule has 1 aromatic rings. The summed E-state index contributed by atoms with van der Waals surface area (Å²) in [6, 6.07) is 6.29. The number of aryl methyl sites for hydroxylation is 1. The first kappa shape index (κ1) is 8.18. The molecule has 1 nitrogen and oxygen atoms in total. The minimum atomic E-state index is 0.974. The average Bonchev–Trinajstić information content (AvgIpc) is 2.04. The zero-order valence-electron chi connectivity index (χ0n) is 7.35. The molecule has 0 saturated carbocycles. The van der Waals surface area contributed by atoms with E-state index in [0.29, 0.717) is 0 Å². The standard InChI is InChI=1S/C9H13BO/c1-3-7-4-5-9(11-2)8(10)6-7/h4-6H,3,10H2,1-2H3. The fourth-order valence-corrected chi connectivity index (χ4v) is 1.16. The lowest BCUT2D eigenvalue weighted by Crippen LogP contribution is -2.07. The molecular weight excluding hydrogens is 135 g/mol. The smallest absolute Gasteiger partial charge is 0.144 e. The predicted octanol–water partition coefficient (Wildman–Crippen LogP) is 0.516. The largest absolute Gasteiger partial charge is 0.497 e. The molecule has 11 heavy (non-hydrogen) atoms. The Bertz CT molecular complexity index is 245. The fourth-order valence-electron chi connectivity index (χ4n) is 1.16. The Morgan fingerprint density at radius 2 is 2.18 bits per heavy atom. The van der Waals surface area contributed by atoms with Gasteiger partial charge in [0.2, 0.25) is 0 Å². The van der Waals surface area contributed by atoms with Crippen LogP contribution in [0.15, 0.2) is 18.2 Å². The Kier molecular flexibility index (Phi) is 2.58. The van der Waals surface area contributed by atoms with Crippen LogP contribution in [0.3, 0.4) is 0 Å². The Balaban J connectivity index is 2.99. The number of hydrogen-bond acceptors (Lipinski definition) is 1. The maximum Gasteiger partial charge on any atom is 0.144 e. The second-order valence-electron chi connectivity index (χ2n) is 2.66. The van der Waals surface area contributed by atoms with Crippen molar-refractivity contribution in [1.82, 2.24) is 0 Å². The average molecular weight is 148 g/mol. The van der Waals surface area contributed by atoms with Crippen LogP contribution < -0.4 is 10.2 Å². The van der Waals surface area contributed by atoms with E-state index in [1.165, 1.54) is 11.0 Å². The van der Waals surface area contributed by atoms with Gasteiger partial charge in [0.05, 0.1) is 7.11 Å². The molecule has 0 saturated heterocycles. The molecule has 0 spiro atoms. The van der Waals surface area contributed by atoms with Gasteiger partial charge in [-0.2, -0.15) is 0 Å². The molecule has 0 aliphatic rings. The highest BCUT2D eigenvalue weighted by atomic mass is 16.5. The monoisotopic (exact) mass is 148 g/mol. The van der Waals surface area contributed by atoms with Gasteiger partial charge < -0.3 is 4.74 Å². The number of hydrogen-bond donors (Lipinski definition) is 0. The Hall–Kier alpha value is -0.915. The van der Waals surface area contributed by atoms with E-state index in [9.17, 15) is 0 Å². The lowest BCUT2D eigenvalue weighted by Gasteiger charge is -2.05. The molecule has 2 heteroatoms. The molecule has 0 aliphatic carbocycles. The van der Waals surface area contributed by atoms with Crippen LogP contribution in [-0.2, 0) is 6.42 Å². The van der Waals surface area contributed by atoms with Crippen molar-refractivity contribution >= 4 is 13.3 Å². The van der Waals surface area contributed by atoms with Gasteiger partial charge in [0.1, 0.15) is 13.6 Å². The van der Waals surface area contributed by atoms with Crippen LogP contribution in [0.1, 0.15) is 12.5 Å². The Labute approximate surface area is 68.8 Å². The SMILES string of the molecule is Bc1cc(CC)ccc1OC. The van der Waals surface area contributed by atoms with Gasteiger partial charge in [-0.3, -0.25) is 0 Å². The molecule has 1 aromatic carbocycles. The van der Waals surface area contributed by atoms with Crippen LogP contribution in [-0.4, -0.2) is 15.0 Å². The van der Waals surface area contributed by atoms with E-state index in [0.717, 1.165) is 12.2 Å². The summed E-state index contributed by atoms with van der Waals surface area (Å²) in [6.07, 6.45) is 1.09. The molecule has 0 N–H and O–H groups in total. The predicted molar refractivity (Wildman–Crippen MR) is 50.6 cm³/mol. The fraction of sp³-hybridized carbons (Fsp3) is 0.333. The highest BCUT2D eigenvalue weighted by Gasteiger charge is 1.96. The highest BCUT2D eigenvalue weighted by Crippen LogP contribution is 2.07. The normalized spacial score (nSPS) is 9.64. The van der Waals surface area contributed by atoms with Crippen LogP contribution in [0.5, 0.6) is 5.75 Å². The van der Waals surface area contributed by atoms with Gasteiger partial charge in [-0.05, 0) is 23.5 Å². The van der Waals surface area contributed by atoms with E-state index in [4.69, 9.17) is 4.74 Å². The molecule has 0 amide bonds. The molecule has 0 fully saturated rings. The van der Waals surface area contributed by atoms with Crippen molar-refractivity contribution in [2.24, 2.45) is 0 Å². The maximum atomic E-state index is 5.14. The second-order valence-corrected chi connectivity index (χ2v) is 2.66. The first-order chi connectivity index (χ1) is 5.27. The van der Waals surface area contributed by atoms with Crippen LogP contribution in [0.25, 0.3) is 0 Å². The summed E-state index contributed by atoms with van der Waals surface area (Å²) in [5.41, 5.74) is 2.58. The van der Waals surface area contributed by atoms with E-state index in [2.05, 4.69) is 26.9 Å². The first-order valence-corrected chi connectivity index (χ1v) is 3.91.